The van der Waals surface area contributed by atoms with Crippen LogP contribution in [-0.4, -0.2) is 51.3 Å². The fraction of sp³-hybridized carbons (Fsp3) is 0.714. The van der Waals surface area contributed by atoms with Crippen molar-refractivity contribution in [3.63, 3.8) is 0 Å². The molecule has 1 saturated carbocycles. The minimum Gasteiger partial charge on any atom is -0.493 e. The molecule has 1 aromatic rings. The first-order valence-electron chi connectivity index (χ1n) is 13.0. The molecule has 0 amide bonds. The molecule has 3 rings (SSSR count). The van der Waals surface area contributed by atoms with Gasteiger partial charge < -0.3 is 18.9 Å². The normalized spacial score (nSPS) is 28.7. The number of hydrogen-bond acceptors (Lipinski definition) is 7. The van der Waals surface area contributed by atoms with Crippen molar-refractivity contribution >= 4 is 11.8 Å². The van der Waals surface area contributed by atoms with Crippen molar-refractivity contribution in [2.24, 2.45) is 23.7 Å². The van der Waals surface area contributed by atoms with Gasteiger partial charge in [-0.3, -0.25) is 14.9 Å². The number of nitrogens with one attached hydrogen (secondary N) is 1. The zero-order valence-electron chi connectivity index (χ0n) is 22.2. The third-order valence-corrected chi connectivity index (χ3v) is 7.61. The molecule has 1 aliphatic carbocycles. The highest BCUT2D eigenvalue weighted by Gasteiger charge is 2.43. The predicted molar refractivity (Wildman–Crippen MR) is 135 cm³/mol. The number of rotatable bonds is 11. The lowest BCUT2D eigenvalue weighted by Gasteiger charge is -2.37. The van der Waals surface area contributed by atoms with Crippen LogP contribution >= 0.6 is 0 Å². The number of hydrogen-bond donors (Lipinski definition) is 1. The monoisotopic (exact) mass is 489 g/mol. The fourth-order valence-electron chi connectivity index (χ4n) is 5.55. The van der Waals surface area contributed by atoms with Crippen molar-refractivity contribution in [2.45, 2.75) is 78.0 Å². The molecule has 1 aliphatic heterocycles. The molecule has 0 spiro atoms. The van der Waals surface area contributed by atoms with Crippen molar-refractivity contribution in [2.75, 3.05) is 27.4 Å². The Bertz CT molecular complexity index is 856. The first-order chi connectivity index (χ1) is 16.7. The van der Waals surface area contributed by atoms with Crippen LogP contribution in [0.15, 0.2) is 18.2 Å². The van der Waals surface area contributed by atoms with Gasteiger partial charge in [-0.15, -0.1) is 0 Å². The quantitative estimate of drug-likeness (QED) is 0.356. The SMILES string of the molecule is COCCCOc1cc([C@@H]2N[C@H](C(=O)O[C@@H]3CC(C)CCC3C(C)C)C[C@@H]2C(C)=O)ccc1OC. The number of carbonyl (C=O) groups is 2. The van der Waals surface area contributed by atoms with Crippen LogP contribution in [0.4, 0.5) is 0 Å². The second kappa shape index (κ2) is 12.7. The molecule has 1 N–H and O–H groups in total. The van der Waals surface area contributed by atoms with E-state index in [-0.39, 0.29) is 29.8 Å². The van der Waals surface area contributed by atoms with Gasteiger partial charge in [-0.2, -0.15) is 0 Å². The van der Waals surface area contributed by atoms with Crippen LogP contribution in [0.25, 0.3) is 0 Å². The van der Waals surface area contributed by atoms with Gasteiger partial charge in [0.05, 0.1) is 13.7 Å². The van der Waals surface area contributed by atoms with Crippen molar-refractivity contribution < 1.29 is 28.5 Å². The minimum absolute atomic E-state index is 0.0579. The molecule has 0 radical (unpaired) electrons. The van der Waals surface area contributed by atoms with Crippen LogP contribution in [0, 0.1) is 23.7 Å². The van der Waals surface area contributed by atoms with E-state index in [9.17, 15) is 9.59 Å². The zero-order chi connectivity index (χ0) is 25.5. The van der Waals surface area contributed by atoms with Crippen LogP contribution in [0.3, 0.4) is 0 Å². The summed E-state index contributed by atoms with van der Waals surface area (Å²) in [4.78, 5) is 25.8. The minimum atomic E-state index is -0.507. The Morgan fingerprint density at radius 3 is 2.51 bits per heavy atom. The smallest absolute Gasteiger partial charge is 0.323 e. The molecule has 6 atom stereocenters. The van der Waals surface area contributed by atoms with Gasteiger partial charge in [0.15, 0.2) is 11.5 Å². The maximum atomic E-state index is 13.3. The molecule has 35 heavy (non-hydrogen) atoms. The first kappa shape index (κ1) is 27.5. The Morgan fingerprint density at radius 2 is 1.86 bits per heavy atom. The van der Waals surface area contributed by atoms with Crippen molar-refractivity contribution in [1.29, 1.82) is 0 Å². The Kier molecular flexibility index (Phi) is 9.99. The highest BCUT2D eigenvalue weighted by Crippen LogP contribution is 2.39. The number of Topliss-reactive ketones (excluding diaryl/α,β-unsaturated/α-hetero) is 1. The lowest BCUT2D eigenvalue weighted by Crippen LogP contribution is -2.41. The maximum Gasteiger partial charge on any atom is 0.323 e. The van der Waals surface area contributed by atoms with Crippen LogP contribution < -0.4 is 14.8 Å². The summed E-state index contributed by atoms with van der Waals surface area (Å²) < 4.78 is 22.6. The van der Waals surface area contributed by atoms with Gasteiger partial charge >= 0.3 is 5.97 Å². The maximum absolute atomic E-state index is 13.3. The average molecular weight is 490 g/mol. The molecule has 0 bridgehead atoms. The van der Waals surface area contributed by atoms with E-state index >= 15 is 0 Å². The molecular weight excluding hydrogens is 446 g/mol. The van der Waals surface area contributed by atoms with Gasteiger partial charge in [0.25, 0.3) is 0 Å². The van der Waals surface area contributed by atoms with Crippen molar-refractivity contribution in [3.05, 3.63) is 23.8 Å². The lowest BCUT2D eigenvalue weighted by molar-refractivity contribution is -0.158. The van der Waals surface area contributed by atoms with Crippen LogP contribution in [-0.2, 0) is 19.1 Å². The highest BCUT2D eigenvalue weighted by atomic mass is 16.5. The number of benzene rings is 1. The molecule has 1 saturated heterocycles. The van der Waals surface area contributed by atoms with Gasteiger partial charge in [-0.05, 0) is 61.6 Å². The van der Waals surface area contributed by atoms with Crippen LogP contribution in [0.5, 0.6) is 11.5 Å². The summed E-state index contributed by atoms with van der Waals surface area (Å²) in [6.07, 6.45) is 4.31. The van der Waals surface area contributed by atoms with E-state index in [1.807, 2.05) is 18.2 Å². The van der Waals surface area contributed by atoms with Gasteiger partial charge in [0, 0.05) is 32.1 Å². The molecule has 7 heteroatoms. The van der Waals surface area contributed by atoms with E-state index < -0.39 is 6.04 Å². The fourth-order valence-corrected chi connectivity index (χ4v) is 5.55. The Hall–Kier alpha value is -2.12. The molecule has 1 aromatic carbocycles. The van der Waals surface area contributed by atoms with Gasteiger partial charge in [-0.25, -0.2) is 0 Å². The Balaban J connectivity index is 1.74. The number of ketones is 1. The van der Waals surface area contributed by atoms with Crippen molar-refractivity contribution in [1.82, 2.24) is 5.32 Å². The summed E-state index contributed by atoms with van der Waals surface area (Å²) >= 11 is 0. The van der Waals surface area contributed by atoms with E-state index in [0.29, 0.717) is 48.9 Å². The topological polar surface area (TPSA) is 83.1 Å². The zero-order valence-corrected chi connectivity index (χ0v) is 22.2. The van der Waals surface area contributed by atoms with Crippen molar-refractivity contribution in [3.8, 4) is 11.5 Å². The van der Waals surface area contributed by atoms with E-state index in [1.165, 1.54) is 6.42 Å². The number of methoxy groups -OCH3 is 2. The standard InChI is InChI=1S/C28H43NO6/c1-17(2)21-10-8-18(3)14-25(21)35-28(31)23-16-22(19(4)30)27(29-23)20-9-11-24(33-6)26(15-20)34-13-7-12-32-5/h9,11,15,17-18,21-23,25,27,29H,7-8,10,12-14,16H2,1-6H3/t18?,21?,22-,23+,25-,27+/m1/s1. The van der Waals surface area contributed by atoms with Gasteiger partial charge in [0.1, 0.15) is 17.9 Å². The molecule has 1 heterocycles. The molecule has 0 aromatic heterocycles. The van der Waals surface area contributed by atoms with E-state index in [0.717, 1.165) is 24.8 Å². The van der Waals surface area contributed by atoms with Gasteiger partial charge in [0.2, 0.25) is 0 Å². The third kappa shape index (κ3) is 6.98. The summed E-state index contributed by atoms with van der Waals surface area (Å²) in [5.74, 6) is 2.16. The average Bonchev–Trinajstić information content (AvgIpc) is 3.28. The second-order valence-electron chi connectivity index (χ2n) is 10.6. The molecule has 7 nitrogen and oxygen atoms in total. The second-order valence-corrected chi connectivity index (χ2v) is 10.6. The van der Waals surface area contributed by atoms with E-state index in [1.54, 1.807) is 21.1 Å². The first-order valence-corrected chi connectivity index (χ1v) is 13.0. The van der Waals surface area contributed by atoms with Gasteiger partial charge in [-0.1, -0.05) is 33.3 Å². The van der Waals surface area contributed by atoms with Crippen LogP contribution in [0.1, 0.15) is 71.4 Å². The lowest BCUT2D eigenvalue weighted by atomic mass is 9.75. The highest BCUT2D eigenvalue weighted by molar-refractivity contribution is 5.83. The summed E-state index contributed by atoms with van der Waals surface area (Å²) in [6.45, 7) is 9.33. The van der Waals surface area contributed by atoms with Crippen LogP contribution in [0.2, 0.25) is 0 Å². The third-order valence-electron chi connectivity index (χ3n) is 7.61. The molecule has 2 aliphatic rings. The van der Waals surface area contributed by atoms with E-state index in [2.05, 4.69) is 26.1 Å². The summed E-state index contributed by atoms with van der Waals surface area (Å²) in [6, 6.07) is 4.89. The summed E-state index contributed by atoms with van der Waals surface area (Å²) in [5.41, 5.74) is 0.898. The number of carbonyl (C=O) groups excluding carboxylic acids is 2. The van der Waals surface area contributed by atoms with E-state index in [4.69, 9.17) is 18.9 Å². The molecule has 2 fully saturated rings. The Morgan fingerprint density at radius 1 is 1.09 bits per heavy atom. The summed E-state index contributed by atoms with van der Waals surface area (Å²) in [7, 11) is 3.26. The number of esters is 1. The molecule has 196 valence electrons. The Labute approximate surface area is 210 Å². The molecular formula is C28H43NO6. The predicted octanol–water partition coefficient (Wildman–Crippen LogP) is 4.72. The molecule has 2 unspecified atom stereocenters. The number of ether oxygens (including phenoxy) is 4. The largest absolute Gasteiger partial charge is 0.493 e. The summed E-state index contributed by atoms with van der Waals surface area (Å²) in [5, 5.41) is 3.41.